The van der Waals surface area contributed by atoms with Crippen molar-refractivity contribution in [2.75, 3.05) is 25.1 Å². The summed E-state index contributed by atoms with van der Waals surface area (Å²) < 4.78 is 4.79. The lowest BCUT2D eigenvalue weighted by Gasteiger charge is -2.17. The summed E-state index contributed by atoms with van der Waals surface area (Å²) in [4.78, 5) is 28.2. The molecule has 0 aromatic carbocycles. The first kappa shape index (κ1) is 14.2. The molecule has 0 bridgehead atoms. The lowest BCUT2D eigenvalue weighted by Crippen LogP contribution is -2.25. The van der Waals surface area contributed by atoms with Crippen molar-refractivity contribution < 1.29 is 14.5 Å². The third kappa shape index (κ3) is 2.56. The third-order valence-electron chi connectivity index (χ3n) is 3.68. The van der Waals surface area contributed by atoms with Crippen molar-refractivity contribution in [2.45, 2.75) is 13.8 Å². The van der Waals surface area contributed by atoms with Gasteiger partial charge < -0.3 is 9.64 Å². The number of hydrogen-bond acceptors (Lipinski definition) is 6. The summed E-state index contributed by atoms with van der Waals surface area (Å²) in [5.74, 6) is 0.419. The number of rotatable bonds is 3. The van der Waals surface area contributed by atoms with Gasteiger partial charge in [-0.15, -0.1) is 0 Å². The van der Waals surface area contributed by atoms with Crippen molar-refractivity contribution in [2.24, 2.45) is 11.8 Å². The average molecular weight is 279 g/mol. The molecule has 1 aliphatic heterocycles. The quantitative estimate of drug-likeness (QED) is 0.474. The van der Waals surface area contributed by atoms with Gasteiger partial charge in [-0.05, 0) is 18.9 Å². The molecule has 1 saturated heterocycles. The van der Waals surface area contributed by atoms with Crippen molar-refractivity contribution >= 4 is 17.5 Å². The number of nitrogens with zero attached hydrogens (tertiary/aromatic N) is 3. The smallest absolute Gasteiger partial charge is 0.310 e. The van der Waals surface area contributed by atoms with Crippen LogP contribution < -0.4 is 4.90 Å². The van der Waals surface area contributed by atoms with Gasteiger partial charge in [0, 0.05) is 19.2 Å². The zero-order valence-corrected chi connectivity index (χ0v) is 11.7. The third-order valence-corrected chi connectivity index (χ3v) is 3.68. The second kappa shape index (κ2) is 5.44. The SMILES string of the molecule is COC(=O)C1CN(c2ccc([N+](=O)[O-])c(C)n2)CC1C. The summed E-state index contributed by atoms with van der Waals surface area (Å²) in [6.45, 7) is 4.81. The van der Waals surface area contributed by atoms with Crippen LogP contribution in [0.3, 0.4) is 0 Å². The number of aromatic nitrogens is 1. The second-order valence-corrected chi connectivity index (χ2v) is 5.04. The van der Waals surface area contributed by atoms with E-state index in [0.717, 1.165) is 0 Å². The topological polar surface area (TPSA) is 85.6 Å². The molecule has 2 rings (SSSR count). The van der Waals surface area contributed by atoms with E-state index in [4.69, 9.17) is 4.74 Å². The van der Waals surface area contributed by atoms with Gasteiger partial charge in [-0.2, -0.15) is 0 Å². The van der Waals surface area contributed by atoms with Crippen molar-refractivity contribution in [3.05, 3.63) is 27.9 Å². The van der Waals surface area contributed by atoms with Gasteiger partial charge in [0.1, 0.15) is 11.5 Å². The molecule has 7 heteroatoms. The maximum absolute atomic E-state index is 11.7. The van der Waals surface area contributed by atoms with E-state index in [-0.39, 0.29) is 23.5 Å². The van der Waals surface area contributed by atoms with Crippen LogP contribution >= 0.6 is 0 Å². The van der Waals surface area contributed by atoms with E-state index >= 15 is 0 Å². The van der Waals surface area contributed by atoms with Crippen LogP contribution in [0.1, 0.15) is 12.6 Å². The molecule has 1 aromatic rings. The molecular formula is C13H17N3O4. The zero-order valence-electron chi connectivity index (χ0n) is 11.7. The molecule has 2 unspecified atom stereocenters. The van der Waals surface area contributed by atoms with Gasteiger partial charge in [-0.3, -0.25) is 14.9 Å². The minimum atomic E-state index is -0.448. The molecule has 108 valence electrons. The number of anilines is 1. The number of methoxy groups -OCH3 is 1. The first-order valence-corrected chi connectivity index (χ1v) is 6.39. The number of esters is 1. The molecule has 0 saturated carbocycles. The van der Waals surface area contributed by atoms with E-state index in [1.165, 1.54) is 13.2 Å². The monoisotopic (exact) mass is 279 g/mol. The highest BCUT2D eigenvalue weighted by atomic mass is 16.6. The molecule has 0 amide bonds. The molecular weight excluding hydrogens is 262 g/mol. The average Bonchev–Trinajstić information content (AvgIpc) is 2.79. The van der Waals surface area contributed by atoms with E-state index < -0.39 is 4.92 Å². The Morgan fingerprint density at radius 1 is 1.50 bits per heavy atom. The van der Waals surface area contributed by atoms with Crippen LogP contribution in [0.5, 0.6) is 0 Å². The zero-order chi connectivity index (χ0) is 14.9. The molecule has 1 aromatic heterocycles. The Bertz CT molecular complexity index is 546. The number of ether oxygens (including phenoxy) is 1. The Hall–Kier alpha value is -2.18. The fourth-order valence-electron chi connectivity index (χ4n) is 2.52. The van der Waals surface area contributed by atoms with Crippen LogP contribution in [0.4, 0.5) is 11.5 Å². The van der Waals surface area contributed by atoms with Gasteiger partial charge in [-0.1, -0.05) is 6.92 Å². The molecule has 2 atom stereocenters. The molecule has 0 spiro atoms. The Labute approximate surface area is 116 Å². The van der Waals surface area contributed by atoms with Gasteiger partial charge in [0.2, 0.25) is 0 Å². The Kier molecular flexibility index (Phi) is 3.87. The van der Waals surface area contributed by atoms with Gasteiger partial charge in [-0.25, -0.2) is 4.98 Å². The number of pyridine rings is 1. The largest absolute Gasteiger partial charge is 0.469 e. The summed E-state index contributed by atoms with van der Waals surface area (Å²) in [5.41, 5.74) is 0.382. The summed E-state index contributed by atoms with van der Waals surface area (Å²) in [7, 11) is 1.38. The van der Waals surface area contributed by atoms with Gasteiger partial charge in [0.05, 0.1) is 18.0 Å². The van der Waals surface area contributed by atoms with E-state index in [1.807, 2.05) is 11.8 Å². The first-order valence-electron chi connectivity index (χ1n) is 6.39. The maximum atomic E-state index is 11.7. The predicted molar refractivity (Wildman–Crippen MR) is 72.5 cm³/mol. The van der Waals surface area contributed by atoms with Gasteiger partial charge in [0.25, 0.3) is 5.69 Å². The number of nitro groups is 1. The number of carbonyl (C=O) groups excluding carboxylic acids is 1. The fourth-order valence-corrected chi connectivity index (χ4v) is 2.52. The maximum Gasteiger partial charge on any atom is 0.310 e. The number of aryl methyl sites for hydroxylation is 1. The lowest BCUT2D eigenvalue weighted by molar-refractivity contribution is -0.385. The van der Waals surface area contributed by atoms with E-state index in [9.17, 15) is 14.9 Å². The number of hydrogen-bond donors (Lipinski definition) is 0. The summed E-state index contributed by atoms with van der Waals surface area (Å²) >= 11 is 0. The van der Waals surface area contributed by atoms with Crippen LogP contribution in [0, 0.1) is 28.9 Å². The van der Waals surface area contributed by atoms with Crippen molar-refractivity contribution in [3.8, 4) is 0 Å². The molecule has 0 radical (unpaired) electrons. The Morgan fingerprint density at radius 3 is 2.75 bits per heavy atom. The van der Waals surface area contributed by atoms with Crippen LogP contribution in [0.25, 0.3) is 0 Å². The molecule has 0 N–H and O–H groups in total. The summed E-state index contributed by atoms with van der Waals surface area (Å²) in [6.07, 6.45) is 0. The van der Waals surface area contributed by atoms with Crippen LogP contribution in [0.2, 0.25) is 0 Å². The first-order chi connectivity index (χ1) is 9.43. The van der Waals surface area contributed by atoms with Crippen molar-refractivity contribution in [3.63, 3.8) is 0 Å². The predicted octanol–water partition coefficient (Wildman–Crippen LogP) is 1.54. The van der Waals surface area contributed by atoms with Crippen LogP contribution in [-0.2, 0) is 9.53 Å². The minimum absolute atomic E-state index is 0.00510. The Morgan fingerprint density at radius 2 is 2.20 bits per heavy atom. The van der Waals surface area contributed by atoms with Crippen molar-refractivity contribution in [1.82, 2.24) is 4.98 Å². The lowest BCUT2D eigenvalue weighted by atomic mass is 9.99. The highest BCUT2D eigenvalue weighted by Crippen LogP contribution is 2.29. The fraction of sp³-hybridized carbons (Fsp3) is 0.538. The van der Waals surface area contributed by atoms with Crippen molar-refractivity contribution in [1.29, 1.82) is 0 Å². The van der Waals surface area contributed by atoms with E-state index in [1.54, 1.807) is 13.0 Å². The minimum Gasteiger partial charge on any atom is -0.469 e. The summed E-state index contributed by atoms with van der Waals surface area (Å²) in [5, 5.41) is 10.8. The molecule has 7 nitrogen and oxygen atoms in total. The van der Waals surface area contributed by atoms with Gasteiger partial charge >= 0.3 is 5.97 Å². The van der Waals surface area contributed by atoms with E-state index in [0.29, 0.717) is 24.6 Å². The number of carbonyl (C=O) groups is 1. The van der Waals surface area contributed by atoms with Crippen LogP contribution in [-0.4, -0.2) is 36.1 Å². The molecule has 2 heterocycles. The standard InChI is InChI=1S/C13H17N3O4/c1-8-6-15(7-10(8)13(17)20-3)12-5-4-11(16(18)19)9(2)14-12/h4-5,8,10H,6-7H2,1-3H3. The highest BCUT2D eigenvalue weighted by molar-refractivity contribution is 5.74. The van der Waals surface area contributed by atoms with Gasteiger partial charge in [0.15, 0.2) is 0 Å². The highest BCUT2D eigenvalue weighted by Gasteiger charge is 2.36. The Balaban J connectivity index is 2.20. The second-order valence-electron chi connectivity index (χ2n) is 5.04. The normalized spacial score (nSPS) is 21.9. The molecule has 0 aliphatic carbocycles. The molecule has 1 fully saturated rings. The van der Waals surface area contributed by atoms with E-state index in [2.05, 4.69) is 4.98 Å². The molecule has 1 aliphatic rings. The molecule has 20 heavy (non-hydrogen) atoms. The summed E-state index contributed by atoms with van der Waals surface area (Å²) in [6, 6.07) is 3.07. The van der Waals surface area contributed by atoms with Crippen LogP contribution in [0.15, 0.2) is 12.1 Å².